The number of amides is 2. The fourth-order valence-corrected chi connectivity index (χ4v) is 3.16. The number of aromatic nitrogens is 4. The number of hydrogen-bond acceptors (Lipinski definition) is 7. The van der Waals surface area contributed by atoms with E-state index in [2.05, 4.69) is 31.0 Å². The van der Waals surface area contributed by atoms with E-state index in [1.165, 1.54) is 0 Å². The molecule has 4 aromatic rings. The van der Waals surface area contributed by atoms with E-state index in [-0.39, 0.29) is 24.4 Å². The van der Waals surface area contributed by atoms with E-state index in [9.17, 15) is 14.4 Å². The fraction of sp³-hybridized carbons (Fsp3) is 0.182. The molecule has 32 heavy (non-hydrogen) atoms. The molecule has 10 nitrogen and oxygen atoms in total. The van der Waals surface area contributed by atoms with Crippen LogP contribution in [0.1, 0.15) is 18.5 Å². The summed E-state index contributed by atoms with van der Waals surface area (Å²) in [5.74, 6) is -0.130. The average molecular weight is 432 g/mol. The molecule has 0 fully saturated rings. The van der Waals surface area contributed by atoms with Gasteiger partial charge >= 0.3 is 0 Å². The first kappa shape index (κ1) is 20.9. The van der Waals surface area contributed by atoms with Crippen molar-refractivity contribution in [3.8, 4) is 11.4 Å². The summed E-state index contributed by atoms with van der Waals surface area (Å²) in [4.78, 5) is 40.9. The molecule has 0 saturated heterocycles. The van der Waals surface area contributed by atoms with E-state index in [4.69, 9.17) is 4.52 Å². The Kier molecular flexibility index (Phi) is 6.02. The Labute approximate surface area is 182 Å². The second-order valence-electron chi connectivity index (χ2n) is 7.11. The lowest BCUT2D eigenvalue weighted by Gasteiger charge is -2.13. The Morgan fingerprint density at radius 1 is 1.06 bits per heavy atom. The lowest BCUT2D eigenvalue weighted by atomic mass is 10.1. The zero-order valence-electron chi connectivity index (χ0n) is 17.2. The standard InChI is InChI=1S/C22H20N6O4/c1-13(21(30)23-12-19-25-20(28-32-19)14-7-3-2-4-8-14)24-18(29)11-17-15-9-5-6-10-16(15)22(31)27-26-17/h2-10,13H,11-12H2,1H3,(H,23,30)(H,24,29)(H,27,31)/t13-/m0/s1. The van der Waals surface area contributed by atoms with Gasteiger partial charge in [-0.2, -0.15) is 10.1 Å². The number of H-pyrrole nitrogens is 1. The van der Waals surface area contributed by atoms with Crippen molar-refractivity contribution in [2.75, 3.05) is 0 Å². The maximum absolute atomic E-state index is 12.4. The zero-order valence-corrected chi connectivity index (χ0v) is 17.2. The highest BCUT2D eigenvalue weighted by atomic mass is 16.5. The van der Waals surface area contributed by atoms with Gasteiger partial charge in [-0.25, -0.2) is 5.10 Å². The van der Waals surface area contributed by atoms with Crippen molar-refractivity contribution >= 4 is 22.6 Å². The monoisotopic (exact) mass is 432 g/mol. The predicted molar refractivity (Wildman–Crippen MR) is 115 cm³/mol. The molecule has 0 aliphatic rings. The number of hydrogen-bond donors (Lipinski definition) is 3. The Balaban J connectivity index is 1.32. The van der Waals surface area contributed by atoms with E-state index in [1.54, 1.807) is 31.2 Å². The Hall–Kier alpha value is -4.34. The largest absolute Gasteiger partial charge is 0.345 e. The number of nitrogens with one attached hydrogen (secondary N) is 3. The van der Waals surface area contributed by atoms with Gasteiger partial charge in [0.05, 0.1) is 24.0 Å². The molecule has 0 aliphatic heterocycles. The summed E-state index contributed by atoms with van der Waals surface area (Å²) in [6.45, 7) is 1.60. The molecule has 10 heteroatoms. The average Bonchev–Trinajstić information content (AvgIpc) is 3.29. The van der Waals surface area contributed by atoms with Gasteiger partial charge in [0.25, 0.3) is 5.56 Å². The summed E-state index contributed by atoms with van der Waals surface area (Å²) in [5.41, 5.74) is 0.899. The topological polar surface area (TPSA) is 143 Å². The molecular formula is C22H20N6O4. The SMILES string of the molecule is C[C@H](NC(=O)Cc1n[nH]c(=O)c2ccccc12)C(=O)NCc1nc(-c2ccccc2)no1. The van der Waals surface area contributed by atoms with Crippen molar-refractivity contribution in [1.29, 1.82) is 0 Å². The van der Waals surface area contributed by atoms with E-state index in [1.807, 2.05) is 30.3 Å². The van der Waals surface area contributed by atoms with Gasteiger partial charge in [-0.05, 0) is 13.0 Å². The Morgan fingerprint density at radius 3 is 2.56 bits per heavy atom. The molecule has 2 amide bonds. The molecule has 162 valence electrons. The summed E-state index contributed by atoms with van der Waals surface area (Å²) in [6.07, 6.45) is -0.0843. The van der Waals surface area contributed by atoms with Gasteiger partial charge in [0.2, 0.25) is 23.5 Å². The molecule has 2 heterocycles. The first-order chi connectivity index (χ1) is 15.5. The molecule has 0 spiro atoms. The van der Waals surface area contributed by atoms with Gasteiger partial charge in [-0.3, -0.25) is 14.4 Å². The summed E-state index contributed by atoms with van der Waals surface area (Å²) >= 11 is 0. The molecule has 1 atom stereocenters. The van der Waals surface area contributed by atoms with Crippen LogP contribution in [0.4, 0.5) is 0 Å². The number of nitrogens with zero attached hydrogens (tertiary/aromatic N) is 3. The predicted octanol–water partition coefficient (Wildman–Crippen LogP) is 1.34. The highest BCUT2D eigenvalue weighted by Gasteiger charge is 2.18. The molecule has 0 unspecified atom stereocenters. The second kappa shape index (κ2) is 9.21. The first-order valence-corrected chi connectivity index (χ1v) is 9.92. The normalized spacial score (nSPS) is 11.8. The Morgan fingerprint density at radius 2 is 1.78 bits per heavy atom. The minimum atomic E-state index is -0.798. The third kappa shape index (κ3) is 4.69. The smallest absolute Gasteiger partial charge is 0.272 e. The maximum atomic E-state index is 12.4. The van der Waals surface area contributed by atoms with Crippen molar-refractivity contribution in [2.24, 2.45) is 0 Å². The van der Waals surface area contributed by atoms with Crippen molar-refractivity contribution < 1.29 is 14.1 Å². The first-order valence-electron chi connectivity index (χ1n) is 9.92. The Bertz CT molecular complexity index is 1310. The lowest BCUT2D eigenvalue weighted by Crippen LogP contribution is -2.45. The van der Waals surface area contributed by atoms with Crippen LogP contribution < -0.4 is 16.2 Å². The summed E-state index contributed by atoms with van der Waals surface area (Å²) in [7, 11) is 0. The van der Waals surface area contributed by atoms with Crippen molar-refractivity contribution in [1.82, 2.24) is 31.0 Å². The summed E-state index contributed by atoms with van der Waals surface area (Å²) in [5, 5.41) is 16.6. The van der Waals surface area contributed by atoms with E-state index in [0.29, 0.717) is 22.3 Å². The second-order valence-corrected chi connectivity index (χ2v) is 7.11. The van der Waals surface area contributed by atoms with Gasteiger partial charge in [0, 0.05) is 10.9 Å². The van der Waals surface area contributed by atoms with Gasteiger partial charge in [-0.15, -0.1) is 0 Å². The van der Waals surface area contributed by atoms with Crippen LogP contribution in [0.15, 0.2) is 63.9 Å². The number of carbonyl (C=O) groups excluding carboxylic acids is 2. The van der Waals surface area contributed by atoms with Crippen molar-refractivity contribution in [3.63, 3.8) is 0 Å². The highest BCUT2D eigenvalue weighted by Crippen LogP contribution is 2.15. The molecule has 4 rings (SSSR count). The fourth-order valence-electron chi connectivity index (χ4n) is 3.16. The third-order valence-corrected chi connectivity index (χ3v) is 4.79. The maximum Gasteiger partial charge on any atom is 0.272 e. The molecule has 3 N–H and O–H groups in total. The number of carbonyl (C=O) groups is 2. The van der Waals surface area contributed by atoms with Crippen LogP contribution in [0, 0.1) is 0 Å². The minimum absolute atomic E-state index is 0.0327. The quantitative estimate of drug-likeness (QED) is 0.400. The van der Waals surface area contributed by atoms with Gasteiger partial charge in [0.15, 0.2) is 0 Å². The molecule has 0 aliphatic carbocycles. The van der Waals surface area contributed by atoms with E-state index >= 15 is 0 Å². The number of benzene rings is 2. The van der Waals surface area contributed by atoms with Crippen molar-refractivity contribution in [3.05, 3.63) is 76.5 Å². The van der Waals surface area contributed by atoms with Crippen molar-refractivity contribution in [2.45, 2.75) is 25.9 Å². The molecule has 0 radical (unpaired) electrons. The van der Waals surface area contributed by atoms with Crippen LogP contribution in [0.3, 0.4) is 0 Å². The third-order valence-electron chi connectivity index (χ3n) is 4.79. The van der Waals surface area contributed by atoms with Crippen LogP contribution in [-0.4, -0.2) is 38.2 Å². The van der Waals surface area contributed by atoms with Crippen LogP contribution in [0.2, 0.25) is 0 Å². The van der Waals surface area contributed by atoms with Crippen LogP contribution >= 0.6 is 0 Å². The molecular weight excluding hydrogens is 412 g/mol. The molecule has 2 aromatic carbocycles. The van der Waals surface area contributed by atoms with E-state index in [0.717, 1.165) is 5.56 Å². The lowest BCUT2D eigenvalue weighted by molar-refractivity contribution is -0.128. The van der Waals surface area contributed by atoms with Crippen LogP contribution in [0.25, 0.3) is 22.2 Å². The number of rotatable bonds is 7. The molecule has 0 saturated carbocycles. The van der Waals surface area contributed by atoms with Gasteiger partial charge in [-0.1, -0.05) is 53.7 Å². The van der Waals surface area contributed by atoms with Crippen LogP contribution in [-0.2, 0) is 22.6 Å². The number of fused-ring (bicyclic) bond motifs is 1. The highest BCUT2D eigenvalue weighted by molar-refractivity contribution is 5.91. The van der Waals surface area contributed by atoms with E-state index < -0.39 is 17.9 Å². The molecule has 0 bridgehead atoms. The minimum Gasteiger partial charge on any atom is -0.345 e. The summed E-state index contributed by atoms with van der Waals surface area (Å²) in [6, 6.07) is 15.4. The van der Waals surface area contributed by atoms with Gasteiger partial charge in [0.1, 0.15) is 6.04 Å². The van der Waals surface area contributed by atoms with Crippen LogP contribution in [0.5, 0.6) is 0 Å². The summed E-state index contributed by atoms with van der Waals surface area (Å²) < 4.78 is 5.16. The van der Waals surface area contributed by atoms with Gasteiger partial charge < -0.3 is 15.2 Å². The number of aromatic amines is 1. The zero-order chi connectivity index (χ0) is 22.5. The molecule has 2 aromatic heterocycles.